The lowest BCUT2D eigenvalue weighted by molar-refractivity contribution is -0.142. The summed E-state index contributed by atoms with van der Waals surface area (Å²) in [6.07, 6.45) is 10.1. The summed E-state index contributed by atoms with van der Waals surface area (Å²) in [5.41, 5.74) is 7.29. The molecule has 1 saturated heterocycles. The van der Waals surface area contributed by atoms with Gasteiger partial charge < -0.3 is 44.4 Å². The number of halogens is 1. The van der Waals surface area contributed by atoms with Crippen molar-refractivity contribution in [1.82, 2.24) is 15.2 Å². The lowest BCUT2D eigenvalue weighted by atomic mass is 10.0. The van der Waals surface area contributed by atoms with E-state index in [1.165, 1.54) is 32.7 Å². The number of fused-ring (bicyclic) bond motifs is 2. The minimum Gasteiger partial charge on any atom is -0.488 e. The highest BCUT2D eigenvalue weighted by Gasteiger charge is 2.48. The second-order valence-electron chi connectivity index (χ2n) is 16.6. The van der Waals surface area contributed by atoms with E-state index in [1.807, 2.05) is 12.1 Å². The number of primary amides is 1. The van der Waals surface area contributed by atoms with Crippen LogP contribution in [-0.2, 0) is 33.3 Å². The summed E-state index contributed by atoms with van der Waals surface area (Å²) in [6.45, 7) is 0.228. The second-order valence-corrected chi connectivity index (χ2v) is 17.0. The summed E-state index contributed by atoms with van der Waals surface area (Å²) in [5, 5.41) is 3.86. The first-order valence-electron chi connectivity index (χ1n) is 20.7. The van der Waals surface area contributed by atoms with Crippen molar-refractivity contribution in [3.8, 4) is 11.5 Å². The summed E-state index contributed by atoms with van der Waals surface area (Å²) >= 11 is 6.88. The molecule has 5 fully saturated rings. The molecule has 3 unspecified atom stereocenters. The molecule has 312 valence electrons. The highest BCUT2D eigenvalue weighted by Crippen LogP contribution is 2.52. The van der Waals surface area contributed by atoms with Crippen LogP contribution in [0.5, 0.6) is 11.5 Å². The molecule has 3 N–H and O–H groups in total. The van der Waals surface area contributed by atoms with Crippen LogP contribution in [-0.4, -0.2) is 98.8 Å². The third-order valence-electron chi connectivity index (χ3n) is 12.5. The Kier molecular flexibility index (Phi) is 13.3. The van der Waals surface area contributed by atoms with Gasteiger partial charge >= 0.3 is 12.1 Å². The molecule has 4 aliphatic carbocycles. The molecule has 1 aromatic carbocycles. The average molecular weight is 813 g/mol. The first-order valence-corrected chi connectivity index (χ1v) is 21.1. The zero-order valence-electron chi connectivity index (χ0n) is 33.3. The van der Waals surface area contributed by atoms with E-state index in [-0.39, 0.29) is 49.4 Å². The Bertz CT molecular complexity index is 1780. The summed E-state index contributed by atoms with van der Waals surface area (Å²) in [5.74, 6) is 1.86. The van der Waals surface area contributed by atoms with Crippen LogP contribution >= 0.6 is 11.6 Å². The molecule has 5 aliphatic rings. The zero-order valence-corrected chi connectivity index (χ0v) is 34.0. The van der Waals surface area contributed by atoms with Crippen LogP contribution in [0.3, 0.4) is 0 Å². The Morgan fingerprint density at radius 1 is 0.930 bits per heavy atom. The fourth-order valence-corrected chi connectivity index (χ4v) is 9.08. The van der Waals surface area contributed by atoms with Gasteiger partial charge in [-0.2, -0.15) is 0 Å². The fourth-order valence-electron chi connectivity index (χ4n) is 8.82. The first-order chi connectivity index (χ1) is 27.6. The number of pyridine rings is 1. The van der Waals surface area contributed by atoms with Crippen LogP contribution in [0.1, 0.15) is 102 Å². The SMILES string of the molecule is COC(=O)[C@H]1C[C@H]1CCCCCCC[C@H](NC(=O)OC1CC2CC2C1)C(=O)N1CC(Oc2cc(C3CC3)nc3c(Cl)c(OCC(OC)OC)ccc23)C[C@H]1C(N)=O. The monoisotopic (exact) mass is 812 g/mol. The van der Waals surface area contributed by atoms with Crippen LogP contribution in [0.15, 0.2) is 18.2 Å². The Morgan fingerprint density at radius 3 is 2.37 bits per heavy atom. The third kappa shape index (κ3) is 10.2. The maximum absolute atomic E-state index is 14.3. The molecular formula is C42H57ClN4O10. The van der Waals surface area contributed by atoms with Gasteiger partial charge in [0, 0.05) is 43.7 Å². The number of hydrogen-bond donors (Lipinski definition) is 2. The normalized spacial score (nSPS) is 26.5. The molecule has 7 rings (SSSR count). The number of rotatable bonds is 21. The Morgan fingerprint density at radius 2 is 1.67 bits per heavy atom. The number of nitrogens with one attached hydrogen (secondary N) is 1. The van der Waals surface area contributed by atoms with E-state index in [9.17, 15) is 19.2 Å². The van der Waals surface area contributed by atoms with Gasteiger partial charge in [-0.25, -0.2) is 4.79 Å². The highest BCUT2D eigenvalue weighted by molar-refractivity contribution is 6.36. The quantitative estimate of drug-likeness (QED) is 0.0855. The molecule has 57 heavy (non-hydrogen) atoms. The summed E-state index contributed by atoms with van der Waals surface area (Å²) in [7, 11) is 4.49. The number of carbonyl (C=O) groups is 4. The minimum atomic E-state index is -0.921. The molecule has 2 heterocycles. The number of ether oxygens (including phenoxy) is 6. The van der Waals surface area contributed by atoms with E-state index >= 15 is 0 Å². The van der Waals surface area contributed by atoms with Gasteiger partial charge in [0.25, 0.3) is 0 Å². The van der Waals surface area contributed by atoms with E-state index < -0.39 is 36.5 Å². The maximum Gasteiger partial charge on any atom is 0.408 e. The molecule has 14 nitrogen and oxygen atoms in total. The van der Waals surface area contributed by atoms with Crippen molar-refractivity contribution >= 4 is 46.4 Å². The van der Waals surface area contributed by atoms with E-state index in [4.69, 9.17) is 50.7 Å². The number of alkyl carbamates (subject to hydrolysis) is 1. The molecule has 2 aromatic rings. The van der Waals surface area contributed by atoms with E-state index in [2.05, 4.69) is 5.32 Å². The van der Waals surface area contributed by atoms with Crippen molar-refractivity contribution in [1.29, 1.82) is 0 Å². The van der Waals surface area contributed by atoms with Crippen molar-refractivity contribution < 1.29 is 47.6 Å². The topological polar surface area (TPSA) is 178 Å². The predicted molar refractivity (Wildman–Crippen MR) is 210 cm³/mol. The number of nitrogens with zero attached hydrogens (tertiary/aromatic N) is 2. The third-order valence-corrected chi connectivity index (χ3v) is 12.9. The lowest BCUT2D eigenvalue weighted by Crippen LogP contribution is -2.53. The smallest absolute Gasteiger partial charge is 0.408 e. The lowest BCUT2D eigenvalue weighted by Gasteiger charge is -2.28. The number of methoxy groups -OCH3 is 3. The number of hydrogen-bond acceptors (Lipinski definition) is 11. The molecule has 1 aromatic heterocycles. The summed E-state index contributed by atoms with van der Waals surface area (Å²) in [4.78, 5) is 58.5. The van der Waals surface area contributed by atoms with Crippen molar-refractivity contribution in [3.05, 3.63) is 28.9 Å². The van der Waals surface area contributed by atoms with Gasteiger partial charge in [-0.1, -0.05) is 43.7 Å². The van der Waals surface area contributed by atoms with Gasteiger partial charge in [0.15, 0.2) is 6.29 Å². The molecule has 15 heteroatoms. The van der Waals surface area contributed by atoms with Crippen LogP contribution in [0.4, 0.5) is 4.79 Å². The van der Waals surface area contributed by atoms with Crippen LogP contribution in [0.2, 0.25) is 5.02 Å². The highest BCUT2D eigenvalue weighted by atomic mass is 35.5. The van der Waals surface area contributed by atoms with Crippen molar-refractivity contribution in [2.45, 2.75) is 126 Å². The van der Waals surface area contributed by atoms with Crippen molar-refractivity contribution in [2.75, 3.05) is 34.5 Å². The van der Waals surface area contributed by atoms with Crippen LogP contribution in [0, 0.1) is 23.7 Å². The molecule has 7 atom stereocenters. The second kappa shape index (κ2) is 18.4. The molecule has 3 amide bonds. The number of carbonyl (C=O) groups excluding carboxylic acids is 4. The minimum absolute atomic E-state index is 0.0509. The Labute approximate surface area is 339 Å². The molecule has 1 aliphatic heterocycles. The number of likely N-dealkylation sites (tertiary alicyclic amines) is 1. The number of amides is 3. The predicted octanol–water partition coefficient (Wildman–Crippen LogP) is 6.03. The summed E-state index contributed by atoms with van der Waals surface area (Å²) < 4.78 is 33.7. The number of benzene rings is 1. The Balaban J connectivity index is 1.01. The fraction of sp³-hybridized carbons (Fsp3) is 0.690. The van der Waals surface area contributed by atoms with E-state index in [0.717, 1.165) is 69.9 Å². The Hall–Kier alpha value is -3.88. The number of aromatic nitrogens is 1. The summed E-state index contributed by atoms with van der Waals surface area (Å²) in [6, 6.07) is 3.68. The first kappa shape index (κ1) is 41.3. The average Bonchev–Trinajstić information content (AvgIpc) is 4.16. The molecule has 0 radical (unpaired) electrons. The molecule has 0 spiro atoms. The molecule has 4 saturated carbocycles. The molecular weight excluding hydrogens is 756 g/mol. The number of unbranched alkanes of at least 4 members (excludes halogenated alkanes) is 4. The molecule has 0 bridgehead atoms. The zero-order chi connectivity index (χ0) is 40.2. The van der Waals surface area contributed by atoms with Gasteiger partial charge in [-0.3, -0.25) is 19.4 Å². The van der Waals surface area contributed by atoms with Crippen LogP contribution < -0.4 is 20.5 Å². The van der Waals surface area contributed by atoms with Gasteiger partial charge in [0.2, 0.25) is 11.8 Å². The number of esters is 1. The van der Waals surface area contributed by atoms with Gasteiger partial charge in [0.05, 0.1) is 25.1 Å². The maximum atomic E-state index is 14.3. The van der Waals surface area contributed by atoms with E-state index in [0.29, 0.717) is 58.0 Å². The van der Waals surface area contributed by atoms with E-state index in [1.54, 1.807) is 6.07 Å². The van der Waals surface area contributed by atoms with Gasteiger partial charge in [-0.05, 0) is 81.3 Å². The largest absolute Gasteiger partial charge is 0.488 e. The van der Waals surface area contributed by atoms with Crippen molar-refractivity contribution in [3.63, 3.8) is 0 Å². The standard InChI is InChI=1S/C42H57ClN4O10/c1-52-36(53-2)22-55-34-14-13-29-35(20-32(23-11-12-23)45-38(29)37(34)43)56-28-19-33(39(44)48)47(21-28)40(49)31(46-42(51)57-27-16-25-15-26(25)17-27)10-8-6-4-5-7-9-24-18-30(24)41(50)54-3/h13-14,20,23-28,30-31,33,36H,4-12,15-19,21-22H2,1-3H3,(H2,44,48)(H,46,51)/t24-,25?,26?,27?,28?,30+,31+,33+/m1/s1. The van der Waals surface area contributed by atoms with Crippen LogP contribution in [0.25, 0.3) is 10.9 Å². The van der Waals surface area contributed by atoms with Crippen molar-refractivity contribution in [2.24, 2.45) is 29.4 Å². The van der Waals surface area contributed by atoms with Gasteiger partial charge in [-0.15, -0.1) is 0 Å². The number of nitrogens with two attached hydrogens (primary N) is 1. The van der Waals surface area contributed by atoms with Gasteiger partial charge in [0.1, 0.15) is 47.4 Å².